The van der Waals surface area contributed by atoms with E-state index in [2.05, 4.69) is 42.3 Å². The van der Waals surface area contributed by atoms with Gasteiger partial charge in [-0.15, -0.1) is 0 Å². The summed E-state index contributed by atoms with van der Waals surface area (Å²) in [5.74, 6) is 0.0943. The van der Waals surface area contributed by atoms with Gasteiger partial charge >= 0.3 is 0 Å². The molecule has 2 aliphatic heterocycles. The van der Waals surface area contributed by atoms with Gasteiger partial charge in [-0.25, -0.2) is 4.99 Å². The lowest BCUT2D eigenvalue weighted by Crippen LogP contribution is -2.47. The molecule has 0 aliphatic carbocycles. The van der Waals surface area contributed by atoms with E-state index in [1.54, 1.807) is 16.8 Å². The molecule has 2 heterocycles. The molecule has 31 heavy (non-hydrogen) atoms. The van der Waals surface area contributed by atoms with Crippen LogP contribution in [0.3, 0.4) is 0 Å². The van der Waals surface area contributed by atoms with Gasteiger partial charge in [-0.1, -0.05) is 90.0 Å². The molecule has 2 aliphatic rings. The number of hydrogen-bond donors (Lipinski definition) is 0. The number of aliphatic imine (C=N–C) groups is 1. The average molecular weight is 426 g/mol. The Morgan fingerprint density at radius 1 is 0.903 bits per heavy atom. The molecular formula is C26H20ClN3O. The molecule has 0 aromatic heterocycles. The highest BCUT2D eigenvalue weighted by molar-refractivity contribution is 6.48. The van der Waals surface area contributed by atoms with Gasteiger partial charge in [0.05, 0.1) is 17.1 Å². The van der Waals surface area contributed by atoms with Crippen molar-refractivity contribution in [3.05, 3.63) is 106 Å². The van der Waals surface area contributed by atoms with Gasteiger partial charge in [0.15, 0.2) is 0 Å². The van der Waals surface area contributed by atoms with Gasteiger partial charge < -0.3 is 4.90 Å². The van der Waals surface area contributed by atoms with Crippen molar-refractivity contribution in [3.63, 3.8) is 0 Å². The lowest BCUT2D eigenvalue weighted by molar-refractivity contribution is -0.121. The van der Waals surface area contributed by atoms with Gasteiger partial charge in [-0.2, -0.15) is 0 Å². The monoisotopic (exact) mass is 425 g/mol. The molecule has 0 saturated carbocycles. The Balaban J connectivity index is 1.77. The number of benzene rings is 3. The van der Waals surface area contributed by atoms with Gasteiger partial charge in [-0.3, -0.25) is 9.69 Å². The number of amides is 1. The fourth-order valence-electron chi connectivity index (χ4n) is 3.90. The van der Waals surface area contributed by atoms with Crippen molar-refractivity contribution in [3.8, 4) is 0 Å². The number of rotatable bonds is 2. The third-order valence-corrected chi connectivity index (χ3v) is 5.86. The largest absolute Gasteiger partial charge is 0.305 e. The quantitative estimate of drug-likeness (QED) is 0.481. The van der Waals surface area contributed by atoms with E-state index in [-0.39, 0.29) is 5.91 Å². The SMILES string of the molecule is Cc1ccc(/C=C2\c3ccccc3N=C3C(=O)N(C)C(c4ccccc4)=C(Cl)N32)cc1. The highest BCUT2D eigenvalue weighted by Crippen LogP contribution is 2.43. The third kappa shape index (κ3) is 3.25. The molecule has 0 atom stereocenters. The molecule has 0 spiro atoms. The molecule has 0 saturated heterocycles. The minimum absolute atomic E-state index is 0.201. The summed E-state index contributed by atoms with van der Waals surface area (Å²) in [5.41, 5.74) is 6.23. The molecule has 4 nitrogen and oxygen atoms in total. The smallest absolute Gasteiger partial charge is 0.294 e. The van der Waals surface area contributed by atoms with Gasteiger partial charge in [-0.05, 0) is 24.6 Å². The van der Waals surface area contributed by atoms with Gasteiger partial charge in [0.25, 0.3) is 5.91 Å². The first kappa shape index (κ1) is 19.3. The molecule has 0 bridgehead atoms. The van der Waals surface area contributed by atoms with Crippen molar-refractivity contribution in [2.24, 2.45) is 4.99 Å². The van der Waals surface area contributed by atoms with Crippen molar-refractivity contribution in [2.75, 3.05) is 7.05 Å². The van der Waals surface area contributed by atoms with Crippen LogP contribution in [0, 0.1) is 6.92 Å². The molecule has 3 aromatic carbocycles. The summed E-state index contributed by atoms with van der Waals surface area (Å²) < 4.78 is 0. The maximum Gasteiger partial charge on any atom is 0.294 e. The van der Waals surface area contributed by atoms with Crippen molar-refractivity contribution in [1.82, 2.24) is 9.80 Å². The summed E-state index contributed by atoms with van der Waals surface area (Å²) in [6, 6.07) is 25.8. The van der Waals surface area contributed by atoms with Crippen LogP contribution in [0.15, 0.2) is 89.0 Å². The van der Waals surface area contributed by atoms with Gasteiger partial charge in [0.1, 0.15) is 5.16 Å². The fourth-order valence-corrected chi connectivity index (χ4v) is 4.30. The Hall–Kier alpha value is -3.63. The normalized spacial score (nSPS) is 16.9. The van der Waals surface area contributed by atoms with Gasteiger partial charge in [0.2, 0.25) is 5.84 Å². The topological polar surface area (TPSA) is 35.9 Å². The predicted octanol–water partition coefficient (Wildman–Crippen LogP) is 5.88. The van der Waals surface area contributed by atoms with Crippen LogP contribution in [0.2, 0.25) is 0 Å². The van der Waals surface area contributed by atoms with Crippen LogP contribution in [0.5, 0.6) is 0 Å². The number of aryl methyl sites for hydroxylation is 1. The number of nitrogens with zero attached hydrogens (tertiary/aromatic N) is 3. The van der Waals surface area contributed by atoms with Crippen LogP contribution in [0.25, 0.3) is 17.5 Å². The van der Waals surface area contributed by atoms with E-state index in [4.69, 9.17) is 11.6 Å². The molecule has 0 N–H and O–H groups in total. The van der Waals surface area contributed by atoms with E-state index in [1.165, 1.54) is 5.56 Å². The van der Waals surface area contributed by atoms with Crippen LogP contribution >= 0.6 is 11.6 Å². The Morgan fingerprint density at radius 2 is 1.58 bits per heavy atom. The number of carbonyl (C=O) groups is 1. The van der Waals surface area contributed by atoms with Crippen LogP contribution in [-0.4, -0.2) is 28.6 Å². The minimum Gasteiger partial charge on any atom is -0.305 e. The second-order valence-corrected chi connectivity index (χ2v) is 7.96. The first-order valence-electron chi connectivity index (χ1n) is 10.0. The number of likely N-dealkylation sites (N-methyl/N-ethyl adjacent to an activating group) is 1. The van der Waals surface area contributed by atoms with E-state index < -0.39 is 0 Å². The second kappa shape index (κ2) is 7.56. The van der Waals surface area contributed by atoms with E-state index >= 15 is 0 Å². The zero-order chi connectivity index (χ0) is 21.5. The number of fused-ring (bicyclic) bond motifs is 2. The predicted molar refractivity (Wildman–Crippen MR) is 126 cm³/mol. The molecule has 5 rings (SSSR count). The molecule has 0 unspecified atom stereocenters. The van der Waals surface area contributed by atoms with E-state index in [0.717, 1.165) is 28.1 Å². The summed E-state index contributed by atoms with van der Waals surface area (Å²) >= 11 is 6.99. The Labute approximate surface area is 186 Å². The van der Waals surface area contributed by atoms with Crippen molar-refractivity contribution < 1.29 is 4.79 Å². The maximum atomic E-state index is 13.4. The van der Waals surface area contributed by atoms with Crippen LogP contribution in [-0.2, 0) is 4.79 Å². The summed E-state index contributed by atoms with van der Waals surface area (Å²) in [6.45, 7) is 2.06. The van der Waals surface area contributed by atoms with Crippen molar-refractivity contribution >= 4 is 46.5 Å². The zero-order valence-corrected chi connectivity index (χ0v) is 18.0. The molecule has 5 heteroatoms. The molecule has 0 fully saturated rings. The van der Waals surface area contributed by atoms with Crippen LogP contribution in [0.4, 0.5) is 5.69 Å². The zero-order valence-electron chi connectivity index (χ0n) is 17.2. The summed E-state index contributed by atoms with van der Waals surface area (Å²) in [5, 5.41) is 0.444. The number of hydrogen-bond acceptors (Lipinski definition) is 3. The number of amidine groups is 1. The van der Waals surface area contributed by atoms with E-state index in [0.29, 0.717) is 16.7 Å². The van der Waals surface area contributed by atoms with Crippen LogP contribution < -0.4 is 0 Å². The Bertz CT molecular complexity index is 1270. The standard InChI is InChI=1S/C26H20ClN3O/c1-17-12-14-18(15-13-17)16-22-20-10-6-7-11-21(20)28-25-26(31)29(2)23(24(27)30(22)25)19-8-4-3-5-9-19/h3-16H,1-2H3/b22-16+. The number of para-hydroxylation sites is 1. The van der Waals surface area contributed by atoms with E-state index in [1.807, 2.05) is 54.6 Å². The summed E-state index contributed by atoms with van der Waals surface area (Å²) in [6.07, 6.45) is 2.05. The number of carbonyl (C=O) groups excluding carboxylic acids is 1. The fraction of sp³-hybridized carbons (Fsp3) is 0.0769. The van der Waals surface area contributed by atoms with Gasteiger partial charge in [0, 0.05) is 18.2 Å². The molecule has 1 amide bonds. The molecule has 3 aromatic rings. The lowest BCUT2D eigenvalue weighted by Gasteiger charge is -2.39. The van der Waals surface area contributed by atoms with Crippen LogP contribution in [0.1, 0.15) is 22.3 Å². The Kier molecular flexibility index (Phi) is 4.72. The molecule has 152 valence electrons. The lowest BCUT2D eigenvalue weighted by atomic mass is 10.0. The second-order valence-electron chi connectivity index (χ2n) is 7.60. The number of halogens is 1. The molecular weight excluding hydrogens is 406 g/mol. The summed E-state index contributed by atoms with van der Waals surface area (Å²) in [4.78, 5) is 21.4. The molecule has 0 radical (unpaired) electrons. The Morgan fingerprint density at radius 3 is 2.32 bits per heavy atom. The van der Waals surface area contributed by atoms with E-state index in [9.17, 15) is 4.79 Å². The minimum atomic E-state index is -0.201. The third-order valence-electron chi connectivity index (χ3n) is 5.51. The first-order chi connectivity index (χ1) is 15.0. The highest BCUT2D eigenvalue weighted by atomic mass is 35.5. The maximum absolute atomic E-state index is 13.4. The highest BCUT2D eigenvalue weighted by Gasteiger charge is 2.40. The average Bonchev–Trinajstić information content (AvgIpc) is 2.79. The van der Waals surface area contributed by atoms with Crippen molar-refractivity contribution in [2.45, 2.75) is 6.92 Å². The summed E-state index contributed by atoms with van der Waals surface area (Å²) in [7, 11) is 1.73. The first-order valence-corrected chi connectivity index (χ1v) is 10.4. The van der Waals surface area contributed by atoms with Crippen molar-refractivity contribution in [1.29, 1.82) is 0 Å².